The highest BCUT2D eigenvalue weighted by Crippen LogP contribution is 2.28. The van der Waals surface area contributed by atoms with E-state index in [2.05, 4.69) is 35.1 Å². The molecule has 0 amide bonds. The molecule has 3 nitrogen and oxygen atoms in total. The van der Waals surface area contributed by atoms with E-state index in [9.17, 15) is 0 Å². The van der Waals surface area contributed by atoms with Gasteiger partial charge in [-0.15, -0.1) is 0 Å². The van der Waals surface area contributed by atoms with Gasteiger partial charge in [0.25, 0.3) is 0 Å². The van der Waals surface area contributed by atoms with Gasteiger partial charge in [0.2, 0.25) is 0 Å². The quantitative estimate of drug-likeness (QED) is 0.866. The molecule has 3 heteroatoms. The number of pyridine rings is 1. The van der Waals surface area contributed by atoms with E-state index in [1.54, 1.807) is 0 Å². The Morgan fingerprint density at radius 2 is 2.35 bits per heavy atom. The average Bonchev–Trinajstić information content (AvgIpc) is 2.77. The highest BCUT2D eigenvalue weighted by Gasteiger charge is 2.24. The molecule has 17 heavy (non-hydrogen) atoms. The lowest BCUT2D eigenvalue weighted by atomic mass is 10.1. The summed E-state index contributed by atoms with van der Waals surface area (Å²) in [6.07, 6.45) is 5.84. The van der Waals surface area contributed by atoms with E-state index < -0.39 is 0 Å². The SMILES string of the molecule is CCC1CCCN1c1ncc(CNC)cc1C. The number of aryl methyl sites for hydroxylation is 1. The molecule has 0 saturated carbocycles. The van der Waals surface area contributed by atoms with Crippen molar-refractivity contribution in [3.8, 4) is 0 Å². The fraction of sp³-hybridized carbons (Fsp3) is 0.643. The van der Waals surface area contributed by atoms with E-state index in [-0.39, 0.29) is 0 Å². The Morgan fingerprint density at radius 1 is 1.53 bits per heavy atom. The van der Waals surface area contributed by atoms with Crippen LogP contribution in [0.5, 0.6) is 0 Å². The van der Waals surface area contributed by atoms with Crippen LogP contribution in [0.2, 0.25) is 0 Å². The van der Waals surface area contributed by atoms with Crippen molar-refractivity contribution in [3.63, 3.8) is 0 Å². The molecule has 94 valence electrons. The zero-order valence-electron chi connectivity index (χ0n) is 11.2. The van der Waals surface area contributed by atoms with Crippen LogP contribution in [-0.2, 0) is 6.54 Å². The highest BCUT2D eigenvalue weighted by atomic mass is 15.2. The fourth-order valence-electron chi connectivity index (χ4n) is 2.77. The molecule has 1 aromatic rings. The molecular weight excluding hydrogens is 210 g/mol. The predicted molar refractivity (Wildman–Crippen MR) is 72.4 cm³/mol. The molecule has 0 aliphatic carbocycles. The van der Waals surface area contributed by atoms with Crippen molar-refractivity contribution in [2.45, 2.75) is 45.7 Å². The van der Waals surface area contributed by atoms with Crippen molar-refractivity contribution < 1.29 is 0 Å². The van der Waals surface area contributed by atoms with Gasteiger partial charge in [-0.05, 0) is 50.4 Å². The largest absolute Gasteiger partial charge is 0.353 e. The summed E-state index contributed by atoms with van der Waals surface area (Å²) in [5.74, 6) is 1.19. The molecule has 0 bridgehead atoms. The zero-order valence-corrected chi connectivity index (χ0v) is 11.2. The molecule has 0 spiro atoms. The van der Waals surface area contributed by atoms with Crippen LogP contribution >= 0.6 is 0 Å². The van der Waals surface area contributed by atoms with Gasteiger partial charge in [-0.2, -0.15) is 0 Å². The lowest BCUT2D eigenvalue weighted by Gasteiger charge is -2.26. The molecule has 1 aliphatic rings. The van der Waals surface area contributed by atoms with Gasteiger partial charge in [-0.3, -0.25) is 0 Å². The van der Waals surface area contributed by atoms with Gasteiger partial charge in [0.1, 0.15) is 5.82 Å². The number of hydrogen-bond acceptors (Lipinski definition) is 3. The molecule has 2 rings (SSSR count). The van der Waals surface area contributed by atoms with Crippen LogP contribution < -0.4 is 10.2 Å². The lowest BCUT2D eigenvalue weighted by molar-refractivity contribution is 0.639. The number of hydrogen-bond donors (Lipinski definition) is 1. The van der Waals surface area contributed by atoms with Crippen LogP contribution in [0.25, 0.3) is 0 Å². The molecule has 1 aromatic heterocycles. The number of anilines is 1. The van der Waals surface area contributed by atoms with Crippen molar-refractivity contribution in [2.24, 2.45) is 0 Å². The van der Waals surface area contributed by atoms with Gasteiger partial charge >= 0.3 is 0 Å². The van der Waals surface area contributed by atoms with Gasteiger partial charge in [0, 0.05) is 25.3 Å². The number of nitrogens with one attached hydrogen (secondary N) is 1. The Balaban J connectivity index is 2.20. The third kappa shape index (κ3) is 2.60. The van der Waals surface area contributed by atoms with Gasteiger partial charge in [0.05, 0.1) is 0 Å². The van der Waals surface area contributed by atoms with Gasteiger partial charge < -0.3 is 10.2 Å². The van der Waals surface area contributed by atoms with Crippen molar-refractivity contribution >= 4 is 5.82 Å². The van der Waals surface area contributed by atoms with Crippen LogP contribution in [0.4, 0.5) is 5.82 Å². The van der Waals surface area contributed by atoms with E-state index in [0.717, 1.165) is 13.1 Å². The maximum absolute atomic E-state index is 4.66. The Hall–Kier alpha value is -1.09. The highest BCUT2D eigenvalue weighted by molar-refractivity contribution is 5.49. The number of rotatable bonds is 4. The molecule has 1 aliphatic heterocycles. The molecule has 0 aromatic carbocycles. The fourth-order valence-corrected chi connectivity index (χ4v) is 2.77. The first-order valence-corrected chi connectivity index (χ1v) is 6.63. The Kier molecular flexibility index (Phi) is 4.00. The first-order chi connectivity index (χ1) is 8.26. The van der Waals surface area contributed by atoms with Crippen molar-refractivity contribution in [1.82, 2.24) is 10.3 Å². The third-order valence-corrected chi connectivity index (χ3v) is 3.61. The Labute approximate surface area is 104 Å². The van der Waals surface area contributed by atoms with Crippen LogP contribution in [-0.4, -0.2) is 24.6 Å². The van der Waals surface area contributed by atoms with E-state index in [0.29, 0.717) is 6.04 Å². The van der Waals surface area contributed by atoms with Crippen LogP contribution in [0, 0.1) is 6.92 Å². The van der Waals surface area contributed by atoms with Crippen LogP contribution in [0.15, 0.2) is 12.3 Å². The topological polar surface area (TPSA) is 28.2 Å². The van der Waals surface area contributed by atoms with E-state index in [4.69, 9.17) is 0 Å². The minimum absolute atomic E-state index is 0.691. The zero-order chi connectivity index (χ0) is 12.3. The maximum Gasteiger partial charge on any atom is 0.131 e. The Bertz CT molecular complexity index is 376. The molecule has 2 heterocycles. The van der Waals surface area contributed by atoms with E-state index in [1.807, 2.05) is 13.2 Å². The van der Waals surface area contributed by atoms with Crippen molar-refractivity contribution in [1.29, 1.82) is 0 Å². The second-order valence-corrected chi connectivity index (χ2v) is 4.91. The molecule has 0 radical (unpaired) electrons. The molecular formula is C14H23N3. The van der Waals surface area contributed by atoms with Gasteiger partial charge in [-0.1, -0.05) is 6.92 Å². The minimum Gasteiger partial charge on any atom is -0.353 e. The molecule has 1 N–H and O–H groups in total. The third-order valence-electron chi connectivity index (χ3n) is 3.61. The lowest BCUT2D eigenvalue weighted by Crippen LogP contribution is -2.30. The summed E-state index contributed by atoms with van der Waals surface area (Å²) in [4.78, 5) is 7.15. The summed E-state index contributed by atoms with van der Waals surface area (Å²) >= 11 is 0. The maximum atomic E-state index is 4.66. The van der Waals surface area contributed by atoms with Gasteiger partial charge in [-0.25, -0.2) is 4.98 Å². The van der Waals surface area contributed by atoms with Crippen molar-refractivity contribution in [2.75, 3.05) is 18.5 Å². The summed E-state index contributed by atoms with van der Waals surface area (Å²) in [6, 6.07) is 2.94. The first kappa shape index (κ1) is 12.4. The second kappa shape index (κ2) is 5.50. The van der Waals surface area contributed by atoms with Crippen LogP contribution in [0.1, 0.15) is 37.3 Å². The second-order valence-electron chi connectivity index (χ2n) is 4.91. The first-order valence-electron chi connectivity index (χ1n) is 6.63. The summed E-state index contributed by atoms with van der Waals surface area (Å²) in [7, 11) is 1.97. The Morgan fingerprint density at radius 3 is 3.00 bits per heavy atom. The summed E-state index contributed by atoms with van der Waals surface area (Å²) in [5, 5.41) is 3.17. The monoisotopic (exact) mass is 233 g/mol. The summed E-state index contributed by atoms with van der Waals surface area (Å²) in [5.41, 5.74) is 2.57. The molecule has 1 unspecified atom stereocenters. The van der Waals surface area contributed by atoms with Crippen molar-refractivity contribution in [3.05, 3.63) is 23.4 Å². The summed E-state index contributed by atoms with van der Waals surface area (Å²) < 4.78 is 0. The number of aromatic nitrogens is 1. The average molecular weight is 233 g/mol. The summed E-state index contributed by atoms with van der Waals surface area (Å²) in [6.45, 7) is 6.50. The minimum atomic E-state index is 0.691. The van der Waals surface area contributed by atoms with Gasteiger partial charge in [0.15, 0.2) is 0 Å². The normalized spacial score (nSPS) is 19.9. The standard InChI is InChI=1S/C14H23N3/c1-4-13-6-5-7-17(13)14-11(2)8-12(9-15-3)10-16-14/h8,10,13,15H,4-7,9H2,1-3H3. The molecule has 1 atom stereocenters. The van der Waals surface area contributed by atoms with Crippen LogP contribution in [0.3, 0.4) is 0 Å². The number of nitrogens with zero attached hydrogens (tertiary/aromatic N) is 2. The molecule has 1 fully saturated rings. The smallest absolute Gasteiger partial charge is 0.131 e. The van der Waals surface area contributed by atoms with E-state index >= 15 is 0 Å². The predicted octanol–water partition coefficient (Wildman–Crippen LogP) is 2.49. The molecule has 1 saturated heterocycles. The van der Waals surface area contributed by atoms with E-state index in [1.165, 1.54) is 36.2 Å².